The number of carboxylic acids is 1. The van der Waals surface area contributed by atoms with Gasteiger partial charge in [0.1, 0.15) is 0 Å². The molecule has 0 saturated carbocycles. The Labute approximate surface area is 101 Å². The Morgan fingerprint density at radius 3 is 2.59 bits per heavy atom. The third kappa shape index (κ3) is 4.13. The second kappa shape index (κ2) is 5.25. The number of carboxylic acid groups (broad SMARTS) is 1. The summed E-state index contributed by atoms with van der Waals surface area (Å²) in [4.78, 5) is 10.9. The van der Waals surface area contributed by atoms with Crippen molar-refractivity contribution in [3.8, 4) is 0 Å². The quantitative estimate of drug-likeness (QED) is 0.847. The van der Waals surface area contributed by atoms with Crippen LogP contribution in [0.5, 0.6) is 0 Å². The van der Waals surface area contributed by atoms with Gasteiger partial charge < -0.3 is 5.11 Å². The second-order valence-corrected chi connectivity index (χ2v) is 5.41. The monoisotopic (exact) mass is 240 g/mol. The van der Waals surface area contributed by atoms with E-state index in [1.807, 2.05) is 6.92 Å². The summed E-state index contributed by atoms with van der Waals surface area (Å²) in [6, 6.07) is -0.183. The van der Waals surface area contributed by atoms with Crippen LogP contribution in [0.1, 0.15) is 52.4 Å². The molecule has 0 bridgehead atoms. The summed E-state index contributed by atoms with van der Waals surface area (Å²) < 4.78 is 1.65. The molecule has 1 aromatic rings. The first-order valence-corrected chi connectivity index (χ1v) is 5.82. The van der Waals surface area contributed by atoms with E-state index in [0.717, 1.165) is 12.2 Å². The zero-order valence-corrected chi connectivity index (χ0v) is 10.8. The number of tetrazole rings is 1. The maximum absolute atomic E-state index is 10.9. The topological polar surface area (TPSA) is 80.9 Å². The van der Waals surface area contributed by atoms with Crippen LogP contribution in [0, 0.1) is 5.41 Å². The fourth-order valence-electron chi connectivity index (χ4n) is 1.88. The van der Waals surface area contributed by atoms with Gasteiger partial charge in [0.25, 0.3) is 0 Å². The molecule has 0 aromatic carbocycles. The van der Waals surface area contributed by atoms with Gasteiger partial charge >= 0.3 is 5.97 Å². The van der Waals surface area contributed by atoms with Crippen LogP contribution in [0.15, 0.2) is 0 Å². The zero-order chi connectivity index (χ0) is 13.1. The molecule has 0 fully saturated rings. The molecule has 0 aliphatic heterocycles. The summed E-state index contributed by atoms with van der Waals surface area (Å²) in [5.41, 5.74) is 0.0388. The molecule has 1 N–H and O–H groups in total. The SMILES string of the molecule is CCc1nnnn1C(CC(=O)O)CC(C)(C)C. The highest BCUT2D eigenvalue weighted by atomic mass is 16.4. The van der Waals surface area contributed by atoms with Gasteiger partial charge in [0, 0.05) is 6.42 Å². The maximum Gasteiger partial charge on any atom is 0.305 e. The van der Waals surface area contributed by atoms with Gasteiger partial charge in [-0.05, 0) is 22.3 Å². The number of aromatic nitrogens is 4. The Bertz CT molecular complexity index is 381. The van der Waals surface area contributed by atoms with E-state index >= 15 is 0 Å². The first-order chi connectivity index (χ1) is 7.83. The average molecular weight is 240 g/mol. The third-order valence-electron chi connectivity index (χ3n) is 2.48. The van der Waals surface area contributed by atoms with E-state index in [4.69, 9.17) is 5.11 Å². The lowest BCUT2D eigenvalue weighted by Gasteiger charge is -2.25. The average Bonchev–Trinajstić information content (AvgIpc) is 2.60. The number of hydrogen-bond acceptors (Lipinski definition) is 4. The maximum atomic E-state index is 10.9. The summed E-state index contributed by atoms with van der Waals surface area (Å²) in [6.07, 6.45) is 1.49. The van der Waals surface area contributed by atoms with Crippen molar-refractivity contribution in [2.45, 2.75) is 53.0 Å². The predicted molar refractivity (Wildman–Crippen MR) is 62.6 cm³/mol. The van der Waals surface area contributed by atoms with E-state index < -0.39 is 5.97 Å². The van der Waals surface area contributed by atoms with Crippen molar-refractivity contribution in [3.63, 3.8) is 0 Å². The lowest BCUT2D eigenvalue weighted by Crippen LogP contribution is -2.22. The van der Waals surface area contributed by atoms with Crippen LogP contribution in [0.4, 0.5) is 0 Å². The molecule has 1 heterocycles. The molecule has 6 nitrogen and oxygen atoms in total. The second-order valence-electron chi connectivity index (χ2n) is 5.41. The first-order valence-electron chi connectivity index (χ1n) is 5.82. The summed E-state index contributed by atoms with van der Waals surface area (Å²) in [5.74, 6) is -0.0858. The molecular weight excluding hydrogens is 220 g/mol. The fraction of sp³-hybridized carbons (Fsp3) is 0.818. The zero-order valence-electron chi connectivity index (χ0n) is 10.8. The standard InChI is InChI=1S/C11H20N4O2/c1-5-9-12-13-14-15(9)8(6-10(16)17)7-11(2,3)4/h8H,5-7H2,1-4H3,(H,16,17). The highest BCUT2D eigenvalue weighted by molar-refractivity contribution is 5.67. The van der Waals surface area contributed by atoms with Gasteiger partial charge in [0.2, 0.25) is 0 Å². The number of aryl methyl sites for hydroxylation is 1. The smallest absolute Gasteiger partial charge is 0.305 e. The molecule has 96 valence electrons. The van der Waals surface area contributed by atoms with Crippen LogP contribution in [0.25, 0.3) is 0 Å². The van der Waals surface area contributed by atoms with E-state index in [0.29, 0.717) is 6.42 Å². The van der Waals surface area contributed by atoms with Gasteiger partial charge in [-0.25, -0.2) is 4.68 Å². The van der Waals surface area contributed by atoms with Crippen LogP contribution >= 0.6 is 0 Å². The molecule has 0 aliphatic rings. The molecule has 1 atom stereocenters. The van der Waals surface area contributed by atoms with E-state index in [1.165, 1.54) is 0 Å². The highest BCUT2D eigenvalue weighted by Crippen LogP contribution is 2.29. The van der Waals surface area contributed by atoms with Crippen LogP contribution in [0.2, 0.25) is 0 Å². The lowest BCUT2D eigenvalue weighted by molar-refractivity contribution is -0.138. The highest BCUT2D eigenvalue weighted by Gasteiger charge is 2.25. The van der Waals surface area contributed by atoms with E-state index in [2.05, 4.69) is 36.3 Å². The Morgan fingerprint density at radius 2 is 2.12 bits per heavy atom. The van der Waals surface area contributed by atoms with Crippen molar-refractivity contribution in [2.24, 2.45) is 5.41 Å². The van der Waals surface area contributed by atoms with Crippen LogP contribution in [-0.2, 0) is 11.2 Å². The fourth-order valence-corrected chi connectivity index (χ4v) is 1.88. The number of rotatable bonds is 5. The summed E-state index contributed by atoms with van der Waals surface area (Å²) in [5, 5.41) is 20.4. The van der Waals surface area contributed by atoms with Gasteiger partial charge in [0.15, 0.2) is 5.82 Å². The van der Waals surface area contributed by atoms with Crippen molar-refractivity contribution < 1.29 is 9.90 Å². The summed E-state index contributed by atoms with van der Waals surface area (Å²) in [6.45, 7) is 8.20. The van der Waals surface area contributed by atoms with Crippen LogP contribution < -0.4 is 0 Å². The molecule has 0 aliphatic carbocycles. The van der Waals surface area contributed by atoms with Crippen LogP contribution in [-0.4, -0.2) is 31.3 Å². The van der Waals surface area contributed by atoms with E-state index in [-0.39, 0.29) is 17.9 Å². The Morgan fingerprint density at radius 1 is 1.47 bits per heavy atom. The van der Waals surface area contributed by atoms with Gasteiger partial charge in [-0.2, -0.15) is 0 Å². The van der Waals surface area contributed by atoms with E-state index in [9.17, 15) is 4.79 Å². The first kappa shape index (κ1) is 13.6. The lowest BCUT2D eigenvalue weighted by atomic mass is 9.87. The Kier molecular flexibility index (Phi) is 4.20. The van der Waals surface area contributed by atoms with E-state index in [1.54, 1.807) is 4.68 Å². The molecule has 0 saturated heterocycles. The molecule has 0 spiro atoms. The van der Waals surface area contributed by atoms with Crippen molar-refractivity contribution in [1.29, 1.82) is 0 Å². The minimum atomic E-state index is -0.822. The van der Waals surface area contributed by atoms with Crippen molar-refractivity contribution in [2.75, 3.05) is 0 Å². The number of hydrogen-bond donors (Lipinski definition) is 1. The molecule has 1 unspecified atom stereocenters. The third-order valence-corrected chi connectivity index (χ3v) is 2.48. The predicted octanol–water partition coefficient (Wildman–Crippen LogP) is 1.69. The van der Waals surface area contributed by atoms with Crippen molar-refractivity contribution in [1.82, 2.24) is 20.2 Å². The summed E-state index contributed by atoms with van der Waals surface area (Å²) in [7, 11) is 0. The normalized spacial score (nSPS) is 13.6. The van der Waals surface area contributed by atoms with Crippen molar-refractivity contribution in [3.05, 3.63) is 5.82 Å². The van der Waals surface area contributed by atoms with Crippen LogP contribution in [0.3, 0.4) is 0 Å². The minimum Gasteiger partial charge on any atom is -0.481 e. The van der Waals surface area contributed by atoms with Gasteiger partial charge in [-0.3, -0.25) is 4.79 Å². The van der Waals surface area contributed by atoms with Crippen molar-refractivity contribution >= 4 is 5.97 Å². The largest absolute Gasteiger partial charge is 0.481 e. The molecular formula is C11H20N4O2. The molecule has 6 heteroatoms. The number of aliphatic carboxylic acids is 1. The molecule has 0 radical (unpaired) electrons. The Hall–Kier alpha value is -1.46. The molecule has 1 aromatic heterocycles. The Balaban J connectivity index is 2.93. The number of nitrogens with zero attached hydrogens (tertiary/aromatic N) is 4. The summed E-state index contributed by atoms with van der Waals surface area (Å²) >= 11 is 0. The number of carbonyl (C=O) groups is 1. The minimum absolute atomic E-state index is 0.0388. The van der Waals surface area contributed by atoms with Gasteiger partial charge in [0.05, 0.1) is 12.5 Å². The van der Waals surface area contributed by atoms with Gasteiger partial charge in [-0.1, -0.05) is 27.7 Å². The molecule has 17 heavy (non-hydrogen) atoms. The van der Waals surface area contributed by atoms with Gasteiger partial charge in [-0.15, -0.1) is 5.10 Å². The molecule has 0 amide bonds. The molecule has 1 rings (SSSR count).